The van der Waals surface area contributed by atoms with Crippen LogP contribution in [0.5, 0.6) is 0 Å². The molecule has 1 atom stereocenters. The Hall–Kier alpha value is -0.740. The normalized spacial score (nSPS) is 16.5. The van der Waals surface area contributed by atoms with Crippen molar-refractivity contribution in [1.82, 2.24) is 0 Å². The first-order valence-electron chi connectivity index (χ1n) is 4.63. The Labute approximate surface area is 81.5 Å². The van der Waals surface area contributed by atoms with Crippen LogP contribution in [0.4, 0.5) is 0 Å². The van der Waals surface area contributed by atoms with Crippen LogP contribution in [0, 0.1) is 19.9 Å². The van der Waals surface area contributed by atoms with E-state index in [0.717, 1.165) is 14.6 Å². The maximum atomic E-state index is 3.44. The molecule has 0 spiro atoms. The van der Waals surface area contributed by atoms with E-state index < -0.39 is 0 Å². The van der Waals surface area contributed by atoms with Gasteiger partial charge in [0.25, 0.3) is 0 Å². The largest absolute Gasteiger partial charge is 0.131 e. The average molecular weight is 189 g/mol. The maximum Gasteiger partial charge on any atom is 0.00192 e. The van der Waals surface area contributed by atoms with E-state index in [1.807, 2.05) is 0 Å². The van der Waals surface area contributed by atoms with Gasteiger partial charge >= 0.3 is 0 Å². The molecule has 0 nitrogen and oxygen atoms in total. The van der Waals surface area contributed by atoms with Gasteiger partial charge in [-0.05, 0) is 61.3 Å². The summed E-state index contributed by atoms with van der Waals surface area (Å²) in [5.74, 6) is 2.34. The molecule has 1 heteroatoms. The molecule has 1 aromatic rings. The van der Waals surface area contributed by atoms with Crippen LogP contribution in [0.15, 0.2) is 17.4 Å². The van der Waals surface area contributed by atoms with Crippen molar-refractivity contribution in [1.29, 1.82) is 0 Å². The lowest BCUT2D eigenvalue weighted by molar-refractivity contribution is 1.38. The zero-order valence-electron chi connectivity index (χ0n) is 8.36. The van der Waals surface area contributed by atoms with E-state index in [4.69, 9.17) is 0 Å². The zero-order valence-corrected chi connectivity index (χ0v) is 9.36. The summed E-state index contributed by atoms with van der Waals surface area (Å²) in [6.07, 6.45) is 6.70. The molecule has 0 bridgehead atoms. The molecule has 67 valence electrons. The van der Waals surface area contributed by atoms with Gasteiger partial charge in [-0.15, -0.1) is 8.19 Å². The lowest BCUT2D eigenvalue weighted by Gasteiger charge is -2.03. The molecule has 0 aromatic carbocycles. The third-order valence-electron chi connectivity index (χ3n) is 2.73. The van der Waals surface area contributed by atoms with Gasteiger partial charge < -0.3 is 0 Å². The third kappa shape index (κ3) is 1.40. The Morgan fingerprint density at radius 1 is 1.31 bits per heavy atom. The fourth-order valence-corrected chi connectivity index (χ4v) is 3.11. The molecule has 1 aliphatic rings. The summed E-state index contributed by atoms with van der Waals surface area (Å²) in [7, 11) is 0.858. The van der Waals surface area contributed by atoms with E-state index in [1.165, 1.54) is 27.6 Å². The zero-order chi connectivity index (χ0) is 9.42. The van der Waals surface area contributed by atoms with Gasteiger partial charge in [0, 0.05) is 5.30 Å². The van der Waals surface area contributed by atoms with Crippen molar-refractivity contribution in [2.45, 2.75) is 27.2 Å². The summed E-state index contributed by atoms with van der Waals surface area (Å²) in [5, 5.41) is 1.52. The fourth-order valence-electron chi connectivity index (χ4n) is 1.69. The average Bonchev–Trinajstić information content (AvgIpc) is 2.62. The molecule has 0 saturated heterocycles. The molecule has 1 radical (unpaired) electrons. The highest BCUT2D eigenvalue weighted by Gasteiger charge is 2.12. The minimum atomic E-state index is 0.858. The molecule has 13 heavy (non-hydrogen) atoms. The van der Waals surface area contributed by atoms with Crippen LogP contribution < -0.4 is 0 Å². The number of hydrogen-bond acceptors (Lipinski definition) is 0. The Morgan fingerprint density at radius 3 is 2.54 bits per heavy atom. The van der Waals surface area contributed by atoms with Crippen LogP contribution in [-0.2, 0) is 0 Å². The highest BCUT2D eigenvalue weighted by atomic mass is 31.0. The van der Waals surface area contributed by atoms with Crippen molar-refractivity contribution < 1.29 is 0 Å². The molecule has 1 aliphatic carbocycles. The van der Waals surface area contributed by atoms with Crippen molar-refractivity contribution in [3.8, 4) is 0 Å². The van der Waals surface area contributed by atoms with Gasteiger partial charge in [0.2, 0.25) is 0 Å². The molecule has 0 fully saturated rings. The van der Waals surface area contributed by atoms with Crippen molar-refractivity contribution >= 4 is 13.8 Å². The minimum absolute atomic E-state index is 0.858. The Bertz CT molecular complexity index is 391. The fraction of sp³-hybridized carbons (Fsp3) is 0.333. The summed E-state index contributed by atoms with van der Waals surface area (Å²) >= 11 is 0. The monoisotopic (exact) mass is 189 g/mol. The highest BCUT2D eigenvalue weighted by Crippen LogP contribution is 2.37. The lowest BCUT2D eigenvalue weighted by Crippen LogP contribution is -1.82. The van der Waals surface area contributed by atoms with Crippen molar-refractivity contribution in [3.63, 3.8) is 0 Å². The van der Waals surface area contributed by atoms with Gasteiger partial charge in [0.1, 0.15) is 0 Å². The summed E-state index contributed by atoms with van der Waals surface area (Å²) < 4.78 is 0. The maximum absolute atomic E-state index is 3.44. The van der Waals surface area contributed by atoms with Gasteiger partial charge in [-0.25, -0.2) is 0 Å². The van der Waals surface area contributed by atoms with Gasteiger partial charge in [-0.1, -0.05) is 6.08 Å². The molecule has 1 heterocycles. The number of aryl methyl sites for hydroxylation is 1. The van der Waals surface area contributed by atoms with E-state index in [9.17, 15) is 0 Å². The van der Waals surface area contributed by atoms with Crippen LogP contribution in [-0.4, -0.2) is 0 Å². The minimum Gasteiger partial charge on any atom is -0.131 e. The second kappa shape index (κ2) is 3.20. The van der Waals surface area contributed by atoms with Crippen molar-refractivity contribution in [2.75, 3.05) is 0 Å². The lowest BCUT2D eigenvalue weighted by atomic mass is 10.1. The quantitative estimate of drug-likeness (QED) is 0.629. The van der Waals surface area contributed by atoms with E-state index in [-0.39, 0.29) is 0 Å². The molecule has 0 amide bonds. The van der Waals surface area contributed by atoms with Gasteiger partial charge in [0.15, 0.2) is 0 Å². The third-order valence-corrected chi connectivity index (χ3v) is 4.22. The van der Waals surface area contributed by atoms with Gasteiger partial charge in [-0.3, -0.25) is 0 Å². The second-order valence-corrected chi connectivity index (χ2v) is 4.69. The molecular weight excluding hydrogens is 175 g/mol. The number of hydrogen-bond donors (Lipinski definition) is 0. The Balaban J connectivity index is 2.47. The molecule has 0 N–H and O–H groups in total. The van der Waals surface area contributed by atoms with Crippen LogP contribution >= 0.6 is 8.19 Å². The van der Waals surface area contributed by atoms with Crippen molar-refractivity contribution in [3.05, 3.63) is 39.9 Å². The summed E-state index contributed by atoms with van der Waals surface area (Å²) in [6.45, 7) is 6.61. The first kappa shape index (κ1) is 8.84. The highest BCUT2D eigenvalue weighted by molar-refractivity contribution is 7.31. The summed E-state index contributed by atoms with van der Waals surface area (Å²) in [6, 6.07) is 0. The first-order chi connectivity index (χ1) is 6.20. The van der Waals surface area contributed by atoms with Crippen LogP contribution in [0.1, 0.15) is 29.8 Å². The molecule has 0 saturated carbocycles. The molecule has 2 rings (SSSR count). The summed E-state index contributed by atoms with van der Waals surface area (Å²) in [5.41, 5.74) is 5.70. The Kier molecular flexibility index (Phi) is 2.17. The van der Waals surface area contributed by atoms with Gasteiger partial charge in [-0.2, -0.15) is 0 Å². The molecular formula is C12H14P. The predicted molar refractivity (Wildman–Crippen MR) is 60.4 cm³/mol. The SMILES string of the molecule is CC1=CC[C]=C1c1[pH]cc(C)c1C. The van der Waals surface area contributed by atoms with E-state index in [0.29, 0.717) is 0 Å². The first-order valence-corrected chi connectivity index (χ1v) is 5.71. The van der Waals surface area contributed by atoms with Crippen molar-refractivity contribution in [2.24, 2.45) is 0 Å². The Morgan fingerprint density at radius 2 is 2.08 bits per heavy atom. The molecule has 0 aliphatic heterocycles. The number of rotatable bonds is 1. The number of allylic oxidation sites excluding steroid dienone is 4. The van der Waals surface area contributed by atoms with Crippen LogP contribution in [0.25, 0.3) is 5.57 Å². The smallest absolute Gasteiger partial charge is 0.00192 e. The van der Waals surface area contributed by atoms with Crippen LogP contribution in [0.2, 0.25) is 0 Å². The van der Waals surface area contributed by atoms with Crippen LogP contribution in [0.3, 0.4) is 0 Å². The molecule has 1 unspecified atom stereocenters. The van der Waals surface area contributed by atoms with E-state index in [1.54, 1.807) is 0 Å². The summed E-state index contributed by atoms with van der Waals surface area (Å²) in [4.78, 5) is 0. The topological polar surface area (TPSA) is 0 Å². The van der Waals surface area contributed by atoms with Gasteiger partial charge in [0.05, 0.1) is 0 Å². The standard InChI is InChI=1S/C12H14P/c1-8-5-4-6-11(8)12-10(3)9(2)7-13-12/h5,7,13H,4H2,1-3H3. The van der Waals surface area contributed by atoms with E-state index in [2.05, 4.69) is 38.7 Å². The second-order valence-electron chi connectivity index (χ2n) is 3.61. The van der Waals surface area contributed by atoms with E-state index >= 15 is 0 Å². The predicted octanol–water partition coefficient (Wildman–Crippen LogP) is 3.87. The molecule has 1 aromatic heterocycles.